The van der Waals surface area contributed by atoms with Crippen molar-refractivity contribution in [3.63, 3.8) is 0 Å². The van der Waals surface area contributed by atoms with Crippen molar-refractivity contribution in [1.29, 1.82) is 0 Å². The third-order valence-electron chi connectivity index (χ3n) is 2.54. The Hall–Kier alpha value is -1.61. The van der Waals surface area contributed by atoms with Crippen molar-refractivity contribution >= 4 is 5.97 Å². The second-order valence-electron chi connectivity index (χ2n) is 3.65. The van der Waals surface area contributed by atoms with Gasteiger partial charge in [-0.3, -0.25) is 5.32 Å². The van der Waals surface area contributed by atoms with Crippen LogP contribution in [0.3, 0.4) is 0 Å². The molecule has 86 valence electrons. The fourth-order valence-corrected chi connectivity index (χ4v) is 1.54. The molecule has 3 nitrogen and oxygen atoms in total. The first kappa shape index (κ1) is 12.5. The van der Waals surface area contributed by atoms with Crippen molar-refractivity contribution in [2.24, 2.45) is 0 Å². The van der Waals surface area contributed by atoms with Gasteiger partial charge in [0.2, 0.25) is 0 Å². The Morgan fingerprint density at radius 1 is 1.50 bits per heavy atom. The molecule has 0 spiro atoms. The lowest BCUT2D eigenvalue weighted by atomic mass is 9.92. The molecule has 1 atom stereocenters. The van der Waals surface area contributed by atoms with Crippen molar-refractivity contribution in [2.45, 2.75) is 12.5 Å². The standard InChI is InChI=1S/C13H17NO2/c1-4-10-14-13(2,12(15)16-3)11-8-6-5-7-9-11/h4-9,14H,1,10H2,2-3H3. The minimum atomic E-state index is -0.829. The van der Waals surface area contributed by atoms with Gasteiger partial charge in [0.15, 0.2) is 0 Å². The monoisotopic (exact) mass is 219 g/mol. The Labute approximate surface area is 96.1 Å². The number of methoxy groups -OCH3 is 1. The number of carbonyl (C=O) groups excluding carboxylic acids is 1. The smallest absolute Gasteiger partial charge is 0.330 e. The molecule has 1 rings (SSSR count). The van der Waals surface area contributed by atoms with E-state index in [1.807, 2.05) is 30.3 Å². The van der Waals surface area contributed by atoms with Gasteiger partial charge in [-0.15, -0.1) is 6.58 Å². The molecule has 16 heavy (non-hydrogen) atoms. The lowest BCUT2D eigenvalue weighted by Gasteiger charge is -2.28. The normalized spacial score (nSPS) is 13.9. The summed E-state index contributed by atoms with van der Waals surface area (Å²) in [5.41, 5.74) is 0.0493. The first-order valence-corrected chi connectivity index (χ1v) is 5.15. The SMILES string of the molecule is C=CCNC(C)(C(=O)OC)c1ccccc1. The van der Waals surface area contributed by atoms with Gasteiger partial charge in [0, 0.05) is 6.54 Å². The maximum Gasteiger partial charge on any atom is 0.330 e. The molecule has 3 heteroatoms. The lowest BCUT2D eigenvalue weighted by Crippen LogP contribution is -2.47. The summed E-state index contributed by atoms with van der Waals surface area (Å²) in [5, 5.41) is 3.12. The molecule has 0 aliphatic heterocycles. The Kier molecular flexibility index (Phi) is 4.26. The number of esters is 1. The lowest BCUT2D eigenvalue weighted by molar-refractivity contribution is -0.148. The van der Waals surface area contributed by atoms with Crippen LogP contribution in [0.4, 0.5) is 0 Å². The van der Waals surface area contributed by atoms with Gasteiger partial charge in [-0.2, -0.15) is 0 Å². The van der Waals surface area contributed by atoms with Gasteiger partial charge in [-0.05, 0) is 12.5 Å². The van der Waals surface area contributed by atoms with Gasteiger partial charge in [0.1, 0.15) is 5.54 Å². The number of hydrogen-bond donors (Lipinski definition) is 1. The third kappa shape index (κ3) is 2.49. The summed E-state index contributed by atoms with van der Waals surface area (Å²) in [6, 6.07) is 9.49. The van der Waals surface area contributed by atoms with Crippen LogP contribution in [-0.4, -0.2) is 19.6 Å². The van der Waals surface area contributed by atoms with Gasteiger partial charge in [-0.25, -0.2) is 4.79 Å². The van der Waals surface area contributed by atoms with Crippen molar-refractivity contribution in [1.82, 2.24) is 5.32 Å². The van der Waals surface area contributed by atoms with Crippen molar-refractivity contribution in [3.05, 3.63) is 48.6 Å². The topological polar surface area (TPSA) is 38.3 Å². The van der Waals surface area contributed by atoms with E-state index in [0.717, 1.165) is 5.56 Å². The maximum absolute atomic E-state index is 11.8. The molecule has 0 radical (unpaired) electrons. The highest BCUT2D eigenvalue weighted by molar-refractivity contribution is 5.82. The molecule has 0 saturated carbocycles. The second-order valence-corrected chi connectivity index (χ2v) is 3.65. The second kappa shape index (κ2) is 5.47. The Balaban J connectivity index is 3.04. The fourth-order valence-electron chi connectivity index (χ4n) is 1.54. The van der Waals surface area contributed by atoms with Gasteiger partial charge in [0.05, 0.1) is 7.11 Å². The Morgan fingerprint density at radius 3 is 2.62 bits per heavy atom. The van der Waals surface area contributed by atoms with Crippen LogP contribution in [0.25, 0.3) is 0 Å². The molecule has 0 saturated heterocycles. The Bertz CT molecular complexity index is 361. The van der Waals surface area contributed by atoms with Crippen LogP contribution < -0.4 is 5.32 Å². The minimum Gasteiger partial charge on any atom is -0.467 e. The van der Waals surface area contributed by atoms with E-state index in [0.29, 0.717) is 6.54 Å². The predicted octanol–water partition coefficient (Wildman–Crippen LogP) is 1.85. The average Bonchev–Trinajstić information content (AvgIpc) is 2.36. The molecule has 0 aliphatic rings. The molecule has 1 aromatic carbocycles. The zero-order valence-electron chi connectivity index (χ0n) is 9.69. The third-order valence-corrected chi connectivity index (χ3v) is 2.54. The highest BCUT2D eigenvalue weighted by atomic mass is 16.5. The number of carbonyl (C=O) groups is 1. The highest BCUT2D eigenvalue weighted by Crippen LogP contribution is 2.21. The highest BCUT2D eigenvalue weighted by Gasteiger charge is 2.35. The number of hydrogen-bond acceptors (Lipinski definition) is 3. The maximum atomic E-state index is 11.8. The van der Waals surface area contributed by atoms with Crippen LogP contribution in [0.2, 0.25) is 0 Å². The summed E-state index contributed by atoms with van der Waals surface area (Å²) >= 11 is 0. The van der Waals surface area contributed by atoms with Crippen LogP contribution in [0.5, 0.6) is 0 Å². The molecule has 1 aromatic rings. The number of ether oxygens (including phenoxy) is 1. The van der Waals surface area contributed by atoms with Crippen molar-refractivity contribution < 1.29 is 9.53 Å². The average molecular weight is 219 g/mol. The molecule has 0 aliphatic carbocycles. The van der Waals surface area contributed by atoms with Crippen LogP contribution in [0.1, 0.15) is 12.5 Å². The first-order chi connectivity index (χ1) is 7.65. The summed E-state index contributed by atoms with van der Waals surface area (Å²) in [7, 11) is 1.39. The van der Waals surface area contributed by atoms with E-state index in [4.69, 9.17) is 4.74 Å². The fraction of sp³-hybridized carbons (Fsp3) is 0.308. The van der Waals surface area contributed by atoms with Crippen molar-refractivity contribution in [2.75, 3.05) is 13.7 Å². The number of nitrogens with one attached hydrogen (secondary N) is 1. The molecule has 1 N–H and O–H groups in total. The molecule has 0 bridgehead atoms. The van der Waals surface area contributed by atoms with Gasteiger partial charge in [0.25, 0.3) is 0 Å². The van der Waals surface area contributed by atoms with E-state index in [-0.39, 0.29) is 5.97 Å². The summed E-state index contributed by atoms with van der Waals surface area (Å²) < 4.78 is 4.83. The minimum absolute atomic E-state index is 0.305. The van der Waals surface area contributed by atoms with Gasteiger partial charge >= 0.3 is 5.97 Å². The molecule has 0 heterocycles. The molecule has 1 unspecified atom stereocenters. The van der Waals surface area contributed by atoms with Crippen LogP contribution >= 0.6 is 0 Å². The van der Waals surface area contributed by atoms with E-state index in [2.05, 4.69) is 11.9 Å². The van der Waals surface area contributed by atoms with Gasteiger partial charge in [-0.1, -0.05) is 36.4 Å². The van der Waals surface area contributed by atoms with Crippen LogP contribution in [0, 0.1) is 0 Å². The van der Waals surface area contributed by atoms with E-state index < -0.39 is 5.54 Å². The van der Waals surface area contributed by atoms with E-state index in [1.54, 1.807) is 13.0 Å². The molecule has 0 amide bonds. The quantitative estimate of drug-likeness (QED) is 0.606. The predicted molar refractivity (Wildman–Crippen MR) is 64.0 cm³/mol. The zero-order valence-corrected chi connectivity index (χ0v) is 9.69. The van der Waals surface area contributed by atoms with E-state index >= 15 is 0 Å². The molecular formula is C13H17NO2. The summed E-state index contributed by atoms with van der Waals surface area (Å²) in [6.07, 6.45) is 1.71. The summed E-state index contributed by atoms with van der Waals surface area (Å²) in [6.45, 7) is 5.97. The molecule has 0 fully saturated rings. The zero-order chi connectivity index (χ0) is 12.0. The largest absolute Gasteiger partial charge is 0.467 e. The van der Waals surface area contributed by atoms with Crippen LogP contribution in [-0.2, 0) is 15.1 Å². The van der Waals surface area contributed by atoms with Gasteiger partial charge < -0.3 is 4.74 Å². The number of rotatable bonds is 5. The first-order valence-electron chi connectivity index (χ1n) is 5.15. The summed E-state index contributed by atoms with van der Waals surface area (Å²) in [4.78, 5) is 11.8. The number of benzene rings is 1. The van der Waals surface area contributed by atoms with E-state index in [1.165, 1.54) is 7.11 Å². The summed E-state index contributed by atoms with van der Waals surface area (Å²) in [5.74, 6) is -0.305. The van der Waals surface area contributed by atoms with Crippen molar-refractivity contribution in [3.8, 4) is 0 Å². The van der Waals surface area contributed by atoms with E-state index in [9.17, 15) is 4.79 Å². The molecule has 0 aromatic heterocycles. The van der Waals surface area contributed by atoms with Crippen LogP contribution in [0.15, 0.2) is 43.0 Å². The Morgan fingerprint density at radius 2 is 2.12 bits per heavy atom. The molecular weight excluding hydrogens is 202 g/mol.